The second-order valence-electron chi connectivity index (χ2n) is 6.35. The van der Waals surface area contributed by atoms with Gasteiger partial charge in [0.2, 0.25) is 5.91 Å². The van der Waals surface area contributed by atoms with Gasteiger partial charge in [0.1, 0.15) is 0 Å². The lowest BCUT2D eigenvalue weighted by Gasteiger charge is -2.22. The van der Waals surface area contributed by atoms with Crippen LogP contribution in [0.1, 0.15) is 25.0 Å². The fourth-order valence-corrected chi connectivity index (χ4v) is 4.17. The first-order chi connectivity index (χ1) is 12.3. The van der Waals surface area contributed by atoms with Crippen molar-refractivity contribution < 1.29 is 17.9 Å². The summed E-state index contributed by atoms with van der Waals surface area (Å²) in [6.45, 7) is 4.85. The Morgan fingerprint density at radius 1 is 1.15 bits per heavy atom. The number of thiophene rings is 1. The average Bonchev–Trinajstić information content (AvgIpc) is 3.12. The molecule has 0 aliphatic rings. The molecule has 0 N–H and O–H groups in total. The van der Waals surface area contributed by atoms with Crippen molar-refractivity contribution in [3.8, 4) is 0 Å². The Balaban J connectivity index is 2.08. The van der Waals surface area contributed by atoms with Gasteiger partial charge < -0.3 is 9.64 Å². The molecule has 2 aromatic rings. The summed E-state index contributed by atoms with van der Waals surface area (Å²) in [5.41, 5.74) is 1.89. The van der Waals surface area contributed by atoms with Crippen LogP contribution in [0, 0.1) is 0 Å². The molecule has 2 rings (SSSR count). The van der Waals surface area contributed by atoms with Crippen LogP contribution >= 0.6 is 11.3 Å². The number of carbonyl (C=O) groups is 1. The van der Waals surface area contributed by atoms with E-state index in [4.69, 9.17) is 4.74 Å². The maximum atomic E-state index is 12.7. The van der Waals surface area contributed by atoms with E-state index in [1.165, 1.54) is 0 Å². The van der Waals surface area contributed by atoms with Crippen LogP contribution in [0.15, 0.2) is 46.0 Å². The van der Waals surface area contributed by atoms with Gasteiger partial charge in [0.25, 0.3) is 0 Å². The molecule has 0 radical (unpaired) electrons. The number of methoxy groups -OCH3 is 1. The molecule has 0 spiro atoms. The number of benzene rings is 1. The van der Waals surface area contributed by atoms with Crippen LogP contribution in [0.4, 0.5) is 0 Å². The van der Waals surface area contributed by atoms with E-state index in [-0.39, 0.29) is 12.3 Å². The molecule has 0 bridgehead atoms. The topological polar surface area (TPSA) is 63.7 Å². The van der Waals surface area contributed by atoms with Crippen molar-refractivity contribution in [2.24, 2.45) is 0 Å². The number of hydrogen-bond acceptors (Lipinski definition) is 5. The monoisotopic (exact) mass is 395 g/mol. The molecule has 1 aromatic heterocycles. The number of hydrogen-bond donors (Lipinski definition) is 0. The van der Waals surface area contributed by atoms with E-state index in [0.717, 1.165) is 11.1 Å². The molecule has 0 aliphatic carbocycles. The summed E-state index contributed by atoms with van der Waals surface area (Å²) in [5, 5.41) is 3.55. The van der Waals surface area contributed by atoms with E-state index in [2.05, 4.69) is 0 Å². The summed E-state index contributed by atoms with van der Waals surface area (Å²) in [5.74, 6) is -0.00674. The molecular formula is C19H25NO4S2. The van der Waals surface area contributed by atoms with Crippen LogP contribution in [0.2, 0.25) is 0 Å². The molecule has 1 aromatic carbocycles. The first-order valence-electron chi connectivity index (χ1n) is 8.45. The molecule has 1 heterocycles. The Labute approximate surface area is 159 Å². The molecule has 0 atom stereocenters. The lowest BCUT2D eigenvalue weighted by atomic mass is 10.1. The zero-order chi connectivity index (χ0) is 19.2. The van der Waals surface area contributed by atoms with Gasteiger partial charge in [-0.1, -0.05) is 12.1 Å². The molecule has 0 aliphatic heterocycles. The summed E-state index contributed by atoms with van der Waals surface area (Å²) in [7, 11) is -1.68. The molecule has 142 valence electrons. The highest BCUT2D eigenvalue weighted by atomic mass is 32.2. The summed E-state index contributed by atoms with van der Waals surface area (Å²) in [6.07, 6.45) is 0.232. The molecular weight excluding hydrogens is 370 g/mol. The number of amides is 1. The van der Waals surface area contributed by atoms with Gasteiger partial charge in [0.05, 0.1) is 23.2 Å². The minimum atomic E-state index is -3.30. The standard InChI is InChI=1S/C19H25NO4S2/c1-15(2)26(22,23)18-6-4-16(5-7-18)12-19(21)20(9-10-24-3)13-17-8-11-25-14-17/h4-8,11,14-15H,9-10,12-13H2,1-3H3. The van der Waals surface area contributed by atoms with E-state index in [0.29, 0.717) is 24.6 Å². The van der Waals surface area contributed by atoms with Crippen molar-refractivity contribution in [3.63, 3.8) is 0 Å². The van der Waals surface area contributed by atoms with Crippen LogP contribution in [-0.4, -0.2) is 44.7 Å². The third-order valence-electron chi connectivity index (χ3n) is 4.10. The predicted molar refractivity (Wildman–Crippen MR) is 104 cm³/mol. The van der Waals surface area contributed by atoms with Gasteiger partial charge in [-0.05, 0) is 53.9 Å². The smallest absolute Gasteiger partial charge is 0.227 e. The largest absolute Gasteiger partial charge is 0.383 e. The normalized spacial score (nSPS) is 11.7. The second kappa shape index (κ2) is 9.30. The minimum absolute atomic E-state index is 0.00674. The van der Waals surface area contributed by atoms with E-state index < -0.39 is 15.1 Å². The van der Waals surface area contributed by atoms with E-state index >= 15 is 0 Å². The maximum Gasteiger partial charge on any atom is 0.227 e. The van der Waals surface area contributed by atoms with Gasteiger partial charge in [-0.2, -0.15) is 11.3 Å². The molecule has 7 heteroatoms. The zero-order valence-electron chi connectivity index (χ0n) is 15.3. The van der Waals surface area contributed by atoms with Gasteiger partial charge in [0.15, 0.2) is 9.84 Å². The van der Waals surface area contributed by atoms with Crippen molar-refractivity contribution in [2.75, 3.05) is 20.3 Å². The van der Waals surface area contributed by atoms with Gasteiger partial charge in [-0.15, -0.1) is 0 Å². The first kappa shape index (κ1) is 20.6. The molecule has 1 amide bonds. The van der Waals surface area contributed by atoms with Crippen molar-refractivity contribution >= 4 is 27.1 Å². The average molecular weight is 396 g/mol. The fourth-order valence-electron chi connectivity index (χ4n) is 2.45. The van der Waals surface area contributed by atoms with Crippen LogP contribution in [0.25, 0.3) is 0 Å². The second-order valence-corrected chi connectivity index (χ2v) is 9.64. The van der Waals surface area contributed by atoms with Crippen LogP contribution in [0.3, 0.4) is 0 Å². The quantitative estimate of drug-likeness (QED) is 0.654. The van der Waals surface area contributed by atoms with Gasteiger partial charge in [0, 0.05) is 20.2 Å². The highest BCUT2D eigenvalue weighted by Crippen LogP contribution is 2.17. The number of nitrogens with zero attached hydrogens (tertiary/aromatic N) is 1. The predicted octanol–water partition coefficient (Wildman–Crippen LogP) is 3.15. The Hall–Kier alpha value is -1.70. The Bertz CT molecular complexity index is 797. The molecule has 26 heavy (non-hydrogen) atoms. The third kappa shape index (κ3) is 5.40. The fraction of sp³-hybridized carbons (Fsp3) is 0.421. The SMILES string of the molecule is COCCN(Cc1ccsc1)C(=O)Cc1ccc(S(=O)(=O)C(C)C)cc1. The van der Waals surface area contributed by atoms with E-state index in [1.807, 2.05) is 16.8 Å². The minimum Gasteiger partial charge on any atom is -0.383 e. The molecule has 0 unspecified atom stereocenters. The number of rotatable bonds is 9. The van der Waals surface area contributed by atoms with Gasteiger partial charge in [-0.25, -0.2) is 8.42 Å². The highest BCUT2D eigenvalue weighted by molar-refractivity contribution is 7.92. The van der Waals surface area contributed by atoms with Crippen molar-refractivity contribution in [1.82, 2.24) is 4.90 Å². The highest BCUT2D eigenvalue weighted by Gasteiger charge is 2.19. The molecule has 0 saturated heterocycles. The summed E-state index contributed by atoms with van der Waals surface area (Å²) in [4.78, 5) is 14.7. The van der Waals surface area contributed by atoms with Crippen LogP contribution in [0.5, 0.6) is 0 Å². The lowest BCUT2D eigenvalue weighted by Crippen LogP contribution is -2.34. The van der Waals surface area contributed by atoms with Gasteiger partial charge >= 0.3 is 0 Å². The summed E-state index contributed by atoms with van der Waals surface area (Å²) < 4.78 is 29.5. The molecule has 0 fully saturated rings. The number of carbonyl (C=O) groups excluding carboxylic acids is 1. The van der Waals surface area contributed by atoms with Crippen molar-refractivity contribution in [1.29, 1.82) is 0 Å². The summed E-state index contributed by atoms with van der Waals surface area (Å²) >= 11 is 1.60. The van der Waals surface area contributed by atoms with Crippen molar-refractivity contribution in [3.05, 3.63) is 52.2 Å². The summed E-state index contributed by atoms with van der Waals surface area (Å²) in [6, 6.07) is 8.59. The van der Waals surface area contributed by atoms with E-state index in [1.54, 1.807) is 61.5 Å². The van der Waals surface area contributed by atoms with Crippen LogP contribution < -0.4 is 0 Å². The Morgan fingerprint density at radius 2 is 1.85 bits per heavy atom. The molecule has 5 nitrogen and oxygen atoms in total. The first-order valence-corrected chi connectivity index (χ1v) is 10.9. The van der Waals surface area contributed by atoms with Crippen molar-refractivity contribution in [2.45, 2.75) is 37.0 Å². The van der Waals surface area contributed by atoms with Gasteiger partial charge in [-0.3, -0.25) is 4.79 Å². The zero-order valence-corrected chi connectivity index (χ0v) is 17.0. The molecule has 0 saturated carbocycles. The lowest BCUT2D eigenvalue weighted by molar-refractivity contribution is -0.131. The van der Waals surface area contributed by atoms with Crippen LogP contribution in [-0.2, 0) is 32.3 Å². The Morgan fingerprint density at radius 3 is 2.38 bits per heavy atom. The number of ether oxygens (including phenoxy) is 1. The third-order valence-corrected chi connectivity index (χ3v) is 7.00. The maximum absolute atomic E-state index is 12.7. The van der Waals surface area contributed by atoms with E-state index in [9.17, 15) is 13.2 Å². The Kier molecular flexibility index (Phi) is 7.37. The number of sulfone groups is 1.